The predicted octanol–water partition coefficient (Wildman–Crippen LogP) is 2.81. The summed E-state index contributed by atoms with van der Waals surface area (Å²) in [7, 11) is 0. The smallest absolute Gasteiger partial charge is 0.106 e. The Labute approximate surface area is 95.7 Å². The number of imidazole rings is 1. The number of aliphatic hydroxyl groups is 1. The third-order valence-electron chi connectivity index (χ3n) is 2.97. The molecule has 1 atom stereocenters. The number of aliphatic hydroxyl groups excluding tert-OH is 1. The summed E-state index contributed by atoms with van der Waals surface area (Å²) in [6.45, 7) is 6.89. The first-order chi connectivity index (χ1) is 7.77. The number of benzene rings is 1. The Bertz CT molecular complexity index is 502. The summed E-state index contributed by atoms with van der Waals surface area (Å²) in [6.07, 6.45) is 0.478. The van der Waals surface area contributed by atoms with E-state index in [9.17, 15) is 5.11 Å². The molecule has 1 aliphatic heterocycles. The number of aryl methyl sites for hydroxylation is 2. The Hall–Kier alpha value is -1.35. The molecule has 0 amide bonds. The first-order valence-corrected chi connectivity index (χ1v) is 5.91. The zero-order valence-electron chi connectivity index (χ0n) is 10.1. The summed E-state index contributed by atoms with van der Waals surface area (Å²) in [5.74, 6) is 1.04. The molecule has 1 aromatic carbocycles. The van der Waals surface area contributed by atoms with Crippen molar-refractivity contribution in [3.8, 4) is 0 Å². The van der Waals surface area contributed by atoms with Gasteiger partial charge in [0.15, 0.2) is 0 Å². The quantitative estimate of drug-likeness (QED) is 0.738. The number of para-hydroxylation sites is 1. The Kier molecular flexibility index (Phi) is 2.97. The van der Waals surface area contributed by atoms with Crippen LogP contribution in [0.15, 0.2) is 18.2 Å². The zero-order valence-corrected chi connectivity index (χ0v) is 10.1. The fraction of sp³-hybridized carbons (Fsp3) is 0.462. The van der Waals surface area contributed by atoms with Gasteiger partial charge in [0.05, 0.1) is 17.1 Å². The van der Waals surface area contributed by atoms with E-state index in [4.69, 9.17) is 0 Å². The van der Waals surface area contributed by atoms with E-state index in [0.717, 1.165) is 35.4 Å². The van der Waals surface area contributed by atoms with Crippen LogP contribution >= 0.6 is 0 Å². The van der Waals surface area contributed by atoms with Gasteiger partial charge in [0.1, 0.15) is 5.82 Å². The lowest BCUT2D eigenvalue weighted by Crippen LogP contribution is -2.13. The SMILES string of the molecule is CC.Cc1nc2cccc3c2n1CCC3O. The minimum absolute atomic E-state index is 0.317. The van der Waals surface area contributed by atoms with E-state index in [1.165, 1.54) is 0 Å². The van der Waals surface area contributed by atoms with Crippen molar-refractivity contribution in [3.63, 3.8) is 0 Å². The lowest BCUT2D eigenvalue weighted by Gasteiger charge is -2.20. The van der Waals surface area contributed by atoms with E-state index in [0.29, 0.717) is 0 Å². The van der Waals surface area contributed by atoms with Crippen LogP contribution in [0, 0.1) is 6.92 Å². The standard InChI is InChI=1S/C11H12N2O.C2H6/c1-7-12-9-4-2-3-8-10(14)5-6-13(7)11(8)9;1-2/h2-4,10,14H,5-6H2,1H3;1-2H3. The maximum absolute atomic E-state index is 9.84. The predicted molar refractivity (Wildman–Crippen MR) is 65.4 cm³/mol. The van der Waals surface area contributed by atoms with E-state index in [1.54, 1.807) is 0 Å². The van der Waals surface area contributed by atoms with Crippen molar-refractivity contribution in [1.29, 1.82) is 0 Å². The lowest BCUT2D eigenvalue weighted by molar-refractivity contribution is 0.156. The van der Waals surface area contributed by atoms with Gasteiger partial charge < -0.3 is 9.67 Å². The van der Waals surface area contributed by atoms with Gasteiger partial charge in [-0.15, -0.1) is 0 Å². The maximum Gasteiger partial charge on any atom is 0.106 e. The van der Waals surface area contributed by atoms with Gasteiger partial charge in [0, 0.05) is 12.1 Å². The van der Waals surface area contributed by atoms with Gasteiger partial charge in [-0.2, -0.15) is 0 Å². The highest BCUT2D eigenvalue weighted by molar-refractivity contribution is 5.80. The Morgan fingerprint density at radius 1 is 1.38 bits per heavy atom. The Balaban J connectivity index is 0.000000457. The van der Waals surface area contributed by atoms with Gasteiger partial charge in [-0.3, -0.25) is 0 Å². The van der Waals surface area contributed by atoms with Crippen LogP contribution in [0.25, 0.3) is 11.0 Å². The fourth-order valence-electron chi connectivity index (χ4n) is 2.28. The van der Waals surface area contributed by atoms with Gasteiger partial charge in [-0.05, 0) is 19.4 Å². The van der Waals surface area contributed by atoms with Gasteiger partial charge in [0.25, 0.3) is 0 Å². The molecule has 3 nitrogen and oxygen atoms in total. The fourth-order valence-corrected chi connectivity index (χ4v) is 2.28. The molecule has 1 N–H and O–H groups in total. The van der Waals surface area contributed by atoms with Crippen LogP contribution in [-0.2, 0) is 6.54 Å². The molecule has 1 aromatic heterocycles. The van der Waals surface area contributed by atoms with Crippen LogP contribution in [0.4, 0.5) is 0 Å². The van der Waals surface area contributed by atoms with Gasteiger partial charge in [0.2, 0.25) is 0 Å². The molecular weight excluding hydrogens is 200 g/mol. The molecule has 0 spiro atoms. The molecule has 0 bridgehead atoms. The normalized spacial score (nSPS) is 18.1. The summed E-state index contributed by atoms with van der Waals surface area (Å²) in [6, 6.07) is 5.95. The summed E-state index contributed by atoms with van der Waals surface area (Å²) in [5.41, 5.74) is 3.14. The van der Waals surface area contributed by atoms with E-state index in [2.05, 4.69) is 9.55 Å². The molecule has 0 saturated heterocycles. The average Bonchev–Trinajstić information content (AvgIpc) is 2.64. The second-order valence-electron chi connectivity index (χ2n) is 3.83. The monoisotopic (exact) mass is 218 g/mol. The van der Waals surface area contributed by atoms with Crippen LogP contribution in [0.1, 0.15) is 37.8 Å². The van der Waals surface area contributed by atoms with Gasteiger partial charge in [-0.25, -0.2) is 4.98 Å². The molecule has 3 heteroatoms. The summed E-state index contributed by atoms with van der Waals surface area (Å²) in [4.78, 5) is 4.47. The van der Waals surface area contributed by atoms with Crippen molar-refractivity contribution in [3.05, 3.63) is 29.6 Å². The first-order valence-electron chi connectivity index (χ1n) is 5.91. The van der Waals surface area contributed by atoms with Crippen molar-refractivity contribution in [2.24, 2.45) is 0 Å². The third-order valence-corrected chi connectivity index (χ3v) is 2.97. The summed E-state index contributed by atoms with van der Waals surface area (Å²) in [5, 5.41) is 9.84. The molecule has 1 unspecified atom stereocenters. The molecule has 2 aromatic rings. The number of aromatic nitrogens is 2. The van der Waals surface area contributed by atoms with Crippen LogP contribution < -0.4 is 0 Å². The molecule has 1 aliphatic rings. The van der Waals surface area contributed by atoms with Crippen molar-refractivity contribution >= 4 is 11.0 Å². The Morgan fingerprint density at radius 2 is 2.12 bits per heavy atom. The van der Waals surface area contributed by atoms with Crippen LogP contribution in [0.5, 0.6) is 0 Å². The lowest BCUT2D eigenvalue weighted by atomic mass is 10.0. The van der Waals surface area contributed by atoms with E-state index >= 15 is 0 Å². The van der Waals surface area contributed by atoms with Crippen LogP contribution in [0.3, 0.4) is 0 Å². The van der Waals surface area contributed by atoms with E-state index in [-0.39, 0.29) is 6.10 Å². The molecule has 0 fully saturated rings. The molecule has 0 saturated carbocycles. The zero-order chi connectivity index (χ0) is 11.7. The van der Waals surface area contributed by atoms with Crippen molar-refractivity contribution in [1.82, 2.24) is 9.55 Å². The van der Waals surface area contributed by atoms with Crippen LogP contribution in [0.2, 0.25) is 0 Å². The molecule has 16 heavy (non-hydrogen) atoms. The van der Waals surface area contributed by atoms with Crippen molar-refractivity contribution in [2.45, 2.75) is 39.8 Å². The maximum atomic E-state index is 9.84. The highest BCUT2D eigenvalue weighted by atomic mass is 16.3. The molecular formula is C13H18N2O. The minimum atomic E-state index is -0.317. The van der Waals surface area contributed by atoms with Gasteiger partial charge in [-0.1, -0.05) is 26.0 Å². The highest BCUT2D eigenvalue weighted by Crippen LogP contribution is 2.31. The minimum Gasteiger partial charge on any atom is -0.388 e. The number of nitrogens with zero attached hydrogens (tertiary/aromatic N) is 2. The second-order valence-corrected chi connectivity index (χ2v) is 3.83. The van der Waals surface area contributed by atoms with E-state index in [1.807, 2.05) is 39.0 Å². The van der Waals surface area contributed by atoms with Crippen molar-refractivity contribution in [2.75, 3.05) is 0 Å². The second kappa shape index (κ2) is 4.26. The van der Waals surface area contributed by atoms with E-state index < -0.39 is 0 Å². The summed E-state index contributed by atoms with van der Waals surface area (Å²) >= 11 is 0. The largest absolute Gasteiger partial charge is 0.388 e. The number of hydrogen-bond acceptors (Lipinski definition) is 2. The number of rotatable bonds is 0. The molecule has 0 radical (unpaired) electrons. The average molecular weight is 218 g/mol. The topological polar surface area (TPSA) is 38.0 Å². The third kappa shape index (κ3) is 1.52. The Morgan fingerprint density at radius 3 is 2.88 bits per heavy atom. The van der Waals surface area contributed by atoms with Crippen molar-refractivity contribution < 1.29 is 5.11 Å². The highest BCUT2D eigenvalue weighted by Gasteiger charge is 2.21. The molecule has 86 valence electrons. The molecule has 0 aliphatic carbocycles. The first kappa shape index (κ1) is 11.1. The molecule has 2 heterocycles. The van der Waals surface area contributed by atoms with Gasteiger partial charge >= 0.3 is 0 Å². The molecule has 3 rings (SSSR count). The number of hydrogen-bond donors (Lipinski definition) is 1. The summed E-state index contributed by atoms with van der Waals surface area (Å²) < 4.78 is 2.19. The van der Waals surface area contributed by atoms with Crippen LogP contribution in [-0.4, -0.2) is 14.7 Å².